The Bertz CT molecular complexity index is 1150. The number of aromatic carboxylic acids is 1. The number of aliphatic hydroxyl groups is 1. The quantitative estimate of drug-likeness (QED) is 0.481. The van der Waals surface area contributed by atoms with Gasteiger partial charge in [-0.3, -0.25) is 4.31 Å². The number of benzene rings is 3. The van der Waals surface area contributed by atoms with Crippen LogP contribution in [0, 0.1) is 0 Å². The summed E-state index contributed by atoms with van der Waals surface area (Å²) in [4.78, 5) is 11.4. The molecule has 9 heteroatoms. The van der Waals surface area contributed by atoms with E-state index in [9.17, 15) is 23.4 Å². The standard InChI is InChI=1S/C23H23NO7S/c1-30-20-10-12-21(13-11-20)31-16-19(25)15-24(18-7-5-6-17(14-18)23(26)27)32(28,29)22-8-3-2-4-9-22/h2-14,19,25H,15-16H2,1H3,(H,26,27)/t19-/m0/s1. The second kappa shape index (κ2) is 10.2. The van der Waals surface area contributed by atoms with E-state index in [0.29, 0.717) is 11.5 Å². The Morgan fingerprint density at radius 2 is 1.62 bits per heavy atom. The van der Waals surface area contributed by atoms with Crippen molar-refractivity contribution in [3.05, 3.63) is 84.4 Å². The van der Waals surface area contributed by atoms with E-state index in [-0.39, 0.29) is 29.3 Å². The number of sulfonamides is 1. The molecule has 0 aliphatic carbocycles. The number of hydrogen-bond donors (Lipinski definition) is 2. The van der Waals surface area contributed by atoms with Gasteiger partial charge < -0.3 is 19.7 Å². The molecular weight excluding hydrogens is 434 g/mol. The molecule has 0 unspecified atom stereocenters. The van der Waals surface area contributed by atoms with E-state index in [1.165, 1.54) is 36.4 Å². The molecular formula is C23H23NO7S. The molecule has 3 rings (SSSR count). The molecule has 3 aromatic rings. The number of carbonyl (C=O) groups is 1. The topological polar surface area (TPSA) is 113 Å². The Morgan fingerprint density at radius 1 is 0.969 bits per heavy atom. The maximum absolute atomic E-state index is 13.3. The van der Waals surface area contributed by atoms with Crippen LogP contribution in [0.25, 0.3) is 0 Å². The number of anilines is 1. The molecule has 0 aliphatic rings. The molecule has 0 fully saturated rings. The fourth-order valence-electron chi connectivity index (χ4n) is 2.96. The van der Waals surface area contributed by atoms with Gasteiger partial charge in [0.15, 0.2) is 0 Å². The Hall–Kier alpha value is -3.56. The number of nitrogens with zero attached hydrogens (tertiary/aromatic N) is 1. The first-order chi connectivity index (χ1) is 15.3. The SMILES string of the molecule is COc1ccc(OC[C@@H](O)CN(c2cccc(C(=O)O)c2)S(=O)(=O)c2ccccc2)cc1. The molecule has 0 saturated carbocycles. The van der Waals surface area contributed by atoms with E-state index >= 15 is 0 Å². The van der Waals surface area contributed by atoms with Crippen molar-refractivity contribution in [2.24, 2.45) is 0 Å². The molecule has 0 heterocycles. The lowest BCUT2D eigenvalue weighted by atomic mass is 10.2. The van der Waals surface area contributed by atoms with Gasteiger partial charge in [0.2, 0.25) is 0 Å². The maximum atomic E-state index is 13.3. The summed E-state index contributed by atoms with van der Waals surface area (Å²) in [7, 11) is -2.53. The summed E-state index contributed by atoms with van der Waals surface area (Å²) in [6, 6.07) is 20.0. The van der Waals surface area contributed by atoms with Gasteiger partial charge in [-0.1, -0.05) is 24.3 Å². The van der Waals surface area contributed by atoms with Gasteiger partial charge in [-0.25, -0.2) is 13.2 Å². The molecule has 2 N–H and O–H groups in total. The van der Waals surface area contributed by atoms with Crippen molar-refractivity contribution in [3.63, 3.8) is 0 Å². The Labute approximate surface area is 186 Å². The number of carboxylic acids is 1. The first kappa shape index (κ1) is 23.1. The van der Waals surface area contributed by atoms with Crippen molar-refractivity contribution in [2.75, 3.05) is 24.6 Å². The lowest BCUT2D eigenvalue weighted by Gasteiger charge is -2.27. The van der Waals surface area contributed by atoms with Crippen LogP contribution in [0.4, 0.5) is 5.69 Å². The Balaban J connectivity index is 1.85. The predicted octanol–water partition coefficient (Wildman–Crippen LogP) is 3.03. The van der Waals surface area contributed by atoms with Crippen molar-refractivity contribution in [2.45, 2.75) is 11.0 Å². The zero-order valence-electron chi connectivity index (χ0n) is 17.3. The average Bonchev–Trinajstić information content (AvgIpc) is 2.82. The van der Waals surface area contributed by atoms with Crippen LogP contribution in [0.15, 0.2) is 83.8 Å². The molecule has 168 valence electrons. The van der Waals surface area contributed by atoms with Crippen molar-refractivity contribution >= 4 is 21.7 Å². The zero-order chi connectivity index (χ0) is 23.1. The van der Waals surface area contributed by atoms with E-state index in [2.05, 4.69) is 0 Å². The van der Waals surface area contributed by atoms with Crippen molar-refractivity contribution in [1.82, 2.24) is 0 Å². The summed E-state index contributed by atoms with van der Waals surface area (Å²) < 4.78 is 38.2. The van der Waals surface area contributed by atoms with E-state index in [1.54, 1.807) is 49.6 Å². The minimum atomic E-state index is -4.08. The van der Waals surface area contributed by atoms with Crippen LogP contribution in [-0.2, 0) is 10.0 Å². The molecule has 0 bridgehead atoms. The van der Waals surface area contributed by atoms with Gasteiger partial charge in [0.1, 0.15) is 24.2 Å². The van der Waals surface area contributed by atoms with E-state index in [4.69, 9.17) is 9.47 Å². The Morgan fingerprint density at radius 3 is 2.25 bits per heavy atom. The third kappa shape index (κ3) is 5.57. The third-order valence-corrected chi connectivity index (χ3v) is 6.40. The first-order valence-electron chi connectivity index (χ1n) is 9.67. The van der Waals surface area contributed by atoms with E-state index in [1.807, 2.05) is 0 Å². The molecule has 0 saturated heterocycles. The van der Waals surface area contributed by atoms with Crippen molar-refractivity contribution < 1.29 is 32.9 Å². The minimum Gasteiger partial charge on any atom is -0.497 e. The molecule has 0 aromatic heterocycles. The number of carboxylic acid groups (broad SMARTS) is 1. The summed E-state index contributed by atoms with van der Waals surface area (Å²) >= 11 is 0. The molecule has 0 aliphatic heterocycles. The predicted molar refractivity (Wildman–Crippen MR) is 119 cm³/mol. The monoisotopic (exact) mass is 457 g/mol. The van der Waals surface area contributed by atoms with Crippen LogP contribution in [0.1, 0.15) is 10.4 Å². The van der Waals surface area contributed by atoms with Gasteiger partial charge in [0, 0.05) is 0 Å². The molecule has 0 spiro atoms. The number of ether oxygens (including phenoxy) is 2. The summed E-state index contributed by atoms with van der Waals surface area (Å²) in [5.41, 5.74) is 0.0528. The average molecular weight is 458 g/mol. The number of methoxy groups -OCH3 is 1. The van der Waals surface area contributed by atoms with Crippen molar-refractivity contribution in [3.8, 4) is 11.5 Å². The molecule has 8 nitrogen and oxygen atoms in total. The third-order valence-electron chi connectivity index (χ3n) is 4.59. The lowest BCUT2D eigenvalue weighted by Crippen LogP contribution is -2.40. The highest BCUT2D eigenvalue weighted by Crippen LogP contribution is 2.25. The van der Waals surface area contributed by atoms with Gasteiger partial charge >= 0.3 is 5.97 Å². The molecule has 3 aromatic carbocycles. The second-order valence-electron chi connectivity index (χ2n) is 6.85. The van der Waals surface area contributed by atoms with Crippen LogP contribution in [-0.4, -0.2) is 51.0 Å². The van der Waals surface area contributed by atoms with Crippen LogP contribution >= 0.6 is 0 Å². The smallest absolute Gasteiger partial charge is 0.335 e. The van der Waals surface area contributed by atoms with Gasteiger partial charge in [-0.15, -0.1) is 0 Å². The fourth-order valence-corrected chi connectivity index (χ4v) is 4.48. The summed E-state index contributed by atoms with van der Waals surface area (Å²) in [6.07, 6.45) is -1.19. The minimum absolute atomic E-state index is 0.0176. The van der Waals surface area contributed by atoms with Gasteiger partial charge in [-0.2, -0.15) is 0 Å². The molecule has 1 atom stereocenters. The van der Waals surface area contributed by atoms with Crippen LogP contribution in [0.3, 0.4) is 0 Å². The highest BCUT2D eigenvalue weighted by Gasteiger charge is 2.28. The Kier molecular flexibility index (Phi) is 7.34. The van der Waals surface area contributed by atoms with Crippen LogP contribution in [0.5, 0.6) is 11.5 Å². The van der Waals surface area contributed by atoms with Gasteiger partial charge in [0.25, 0.3) is 10.0 Å². The first-order valence-corrected chi connectivity index (χ1v) is 11.1. The normalized spacial score (nSPS) is 12.1. The van der Waals surface area contributed by atoms with Gasteiger partial charge in [0.05, 0.1) is 29.8 Å². The lowest BCUT2D eigenvalue weighted by molar-refractivity contribution is 0.0697. The van der Waals surface area contributed by atoms with E-state index < -0.39 is 22.1 Å². The van der Waals surface area contributed by atoms with Gasteiger partial charge in [-0.05, 0) is 54.6 Å². The summed E-state index contributed by atoms with van der Waals surface area (Å²) in [6.45, 7) is -0.512. The number of aliphatic hydroxyl groups excluding tert-OH is 1. The van der Waals surface area contributed by atoms with Crippen molar-refractivity contribution in [1.29, 1.82) is 0 Å². The summed E-state index contributed by atoms with van der Waals surface area (Å²) in [5.74, 6) is -0.0566. The summed E-state index contributed by atoms with van der Waals surface area (Å²) in [5, 5.41) is 19.9. The highest BCUT2D eigenvalue weighted by atomic mass is 32.2. The highest BCUT2D eigenvalue weighted by molar-refractivity contribution is 7.92. The number of rotatable bonds is 10. The van der Waals surface area contributed by atoms with Crippen LogP contribution < -0.4 is 13.8 Å². The zero-order valence-corrected chi connectivity index (χ0v) is 18.1. The van der Waals surface area contributed by atoms with E-state index in [0.717, 1.165) is 4.31 Å². The fraction of sp³-hybridized carbons (Fsp3) is 0.174. The largest absolute Gasteiger partial charge is 0.497 e. The molecule has 32 heavy (non-hydrogen) atoms. The maximum Gasteiger partial charge on any atom is 0.335 e. The molecule has 0 amide bonds. The number of hydrogen-bond acceptors (Lipinski definition) is 6. The molecule has 0 radical (unpaired) electrons. The second-order valence-corrected chi connectivity index (χ2v) is 8.71. The van der Waals surface area contributed by atoms with Crippen LogP contribution in [0.2, 0.25) is 0 Å².